The van der Waals surface area contributed by atoms with Gasteiger partial charge in [0.2, 0.25) is 5.13 Å². The number of rotatable bonds is 3. The van der Waals surface area contributed by atoms with Gasteiger partial charge >= 0.3 is 6.03 Å². The molecular weight excluding hydrogens is 262 g/mol. The second kappa shape index (κ2) is 5.77. The highest BCUT2D eigenvalue weighted by Crippen LogP contribution is 2.16. The van der Waals surface area contributed by atoms with Crippen molar-refractivity contribution in [2.24, 2.45) is 5.73 Å². The maximum atomic E-state index is 11.7. The molecule has 6 nitrogen and oxygen atoms in total. The van der Waals surface area contributed by atoms with Crippen molar-refractivity contribution in [3.05, 3.63) is 34.8 Å². The lowest BCUT2D eigenvalue weighted by atomic mass is 10.1. The number of nitrogens with two attached hydrogens (primary N) is 1. The molecule has 0 aliphatic carbocycles. The fourth-order valence-corrected chi connectivity index (χ4v) is 2.06. The van der Waals surface area contributed by atoms with Crippen LogP contribution in [-0.4, -0.2) is 16.2 Å². The van der Waals surface area contributed by atoms with Gasteiger partial charge in [-0.2, -0.15) is 0 Å². The number of carbonyl (C=O) groups is 1. The molecule has 2 rings (SSSR count). The third kappa shape index (κ3) is 3.73. The monoisotopic (exact) mass is 277 g/mol. The molecule has 2 amide bonds. The molecule has 19 heavy (non-hydrogen) atoms. The molecule has 1 aromatic carbocycles. The van der Waals surface area contributed by atoms with Crippen molar-refractivity contribution in [1.82, 2.24) is 10.2 Å². The fourth-order valence-electron chi connectivity index (χ4n) is 1.48. The van der Waals surface area contributed by atoms with Crippen molar-refractivity contribution in [3.63, 3.8) is 0 Å². The molecular formula is C12H15N5OS. The topological polar surface area (TPSA) is 92.9 Å². The standard InChI is InChI=1S/C12H15N5OS/c1-7(13)9-3-5-10(6-4-9)14-11(18)15-12-17-16-8(2)19-12/h3-7H,13H2,1-2H3,(H2,14,15,17,18). The van der Waals surface area contributed by atoms with Crippen molar-refractivity contribution >= 4 is 28.2 Å². The first-order valence-electron chi connectivity index (χ1n) is 5.78. The van der Waals surface area contributed by atoms with Crippen molar-refractivity contribution in [2.75, 3.05) is 10.6 Å². The highest BCUT2D eigenvalue weighted by molar-refractivity contribution is 7.15. The zero-order valence-electron chi connectivity index (χ0n) is 10.7. The number of carbonyl (C=O) groups excluding carboxylic acids is 1. The Kier molecular flexibility index (Phi) is 4.08. The first-order valence-corrected chi connectivity index (χ1v) is 6.60. The summed E-state index contributed by atoms with van der Waals surface area (Å²) in [4.78, 5) is 11.7. The molecule has 0 bridgehead atoms. The van der Waals surface area contributed by atoms with E-state index >= 15 is 0 Å². The maximum Gasteiger partial charge on any atom is 0.325 e. The Morgan fingerprint density at radius 3 is 2.47 bits per heavy atom. The normalized spacial score (nSPS) is 11.9. The van der Waals surface area contributed by atoms with Crippen molar-refractivity contribution in [2.45, 2.75) is 19.9 Å². The van der Waals surface area contributed by atoms with E-state index in [0.717, 1.165) is 10.6 Å². The quantitative estimate of drug-likeness (QED) is 0.803. The van der Waals surface area contributed by atoms with Gasteiger partial charge in [-0.1, -0.05) is 23.5 Å². The van der Waals surface area contributed by atoms with E-state index in [1.54, 1.807) is 0 Å². The van der Waals surface area contributed by atoms with Gasteiger partial charge in [-0.05, 0) is 31.5 Å². The highest BCUT2D eigenvalue weighted by Gasteiger charge is 2.06. The highest BCUT2D eigenvalue weighted by atomic mass is 32.1. The summed E-state index contributed by atoms with van der Waals surface area (Å²) in [6, 6.07) is 7.02. The summed E-state index contributed by atoms with van der Waals surface area (Å²) in [5.41, 5.74) is 7.47. The molecule has 0 radical (unpaired) electrons. The first-order chi connectivity index (χ1) is 9.04. The van der Waals surface area contributed by atoms with Gasteiger partial charge in [-0.3, -0.25) is 5.32 Å². The number of nitrogens with zero attached hydrogens (tertiary/aromatic N) is 2. The number of urea groups is 1. The van der Waals surface area contributed by atoms with Gasteiger partial charge in [-0.15, -0.1) is 10.2 Å². The summed E-state index contributed by atoms with van der Waals surface area (Å²) >= 11 is 1.32. The van der Waals surface area contributed by atoms with E-state index < -0.39 is 0 Å². The third-order valence-electron chi connectivity index (χ3n) is 2.44. The summed E-state index contributed by atoms with van der Waals surface area (Å²) in [6.07, 6.45) is 0. The second-order valence-electron chi connectivity index (χ2n) is 4.12. The van der Waals surface area contributed by atoms with E-state index in [0.29, 0.717) is 10.8 Å². The number of aromatic nitrogens is 2. The molecule has 0 aliphatic rings. The minimum absolute atomic E-state index is 0.0211. The number of aryl methyl sites for hydroxylation is 1. The van der Waals surface area contributed by atoms with Crippen LogP contribution in [0.2, 0.25) is 0 Å². The summed E-state index contributed by atoms with van der Waals surface area (Å²) in [6.45, 7) is 3.74. The first kappa shape index (κ1) is 13.4. The van der Waals surface area contributed by atoms with Gasteiger partial charge in [0.1, 0.15) is 5.01 Å². The number of hydrogen-bond acceptors (Lipinski definition) is 5. The van der Waals surface area contributed by atoms with E-state index in [4.69, 9.17) is 5.73 Å². The zero-order valence-corrected chi connectivity index (χ0v) is 11.5. The molecule has 4 N–H and O–H groups in total. The minimum Gasteiger partial charge on any atom is -0.324 e. The molecule has 7 heteroatoms. The molecule has 0 aliphatic heterocycles. The Hall–Kier alpha value is -1.99. The SMILES string of the molecule is Cc1nnc(NC(=O)Nc2ccc(C(C)N)cc2)s1. The molecule has 1 heterocycles. The van der Waals surface area contributed by atoms with Crippen molar-refractivity contribution in [1.29, 1.82) is 0 Å². The lowest BCUT2D eigenvalue weighted by molar-refractivity contribution is 0.262. The van der Waals surface area contributed by atoms with Crippen LogP contribution in [0.4, 0.5) is 15.6 Å². The van der Waals surface area contributed by atoms with Crippen LogP contribution < -0.4 is 16.4 Å². The average molecular weight is 277 g/mol. The van der Waals surface area contributed by atoms with Crippen LogP contribution in [-0.2, 0) is 0 Å². The lowest BCUT2D eigenvalue weighted by Crippen LogP contribution is -2.19. The second-order valence-corrected chi connectivity index (χ2v) is 5.30. The van der Waals surface area contributed by atoms with Crippen LogP contribution in [0, 0.1) is 6.92 Å². The van der Waals surface area contributed by atoms with E-state index in [1.807, 2.05) is 38.1 Å². The molecule has 0 saturated carbocycles. The number of benzene rings is 1. The third-order valence-corrected chi connectivity index (χ3v) is 3.19. The molecule has 1 atom stereocenters. The predicted octanol–water partition coefficient (Wildman–Crippen LogP) is 2.51. The summed E-state index contributed by atoms with van der Waals surface area (Å²) in [7, 11) is 0. The van der Waals surface area contributed by atoms with E-state index in [1.165, 1.54) is 11.3 Å². The Morgan fingerprint density at radius 2 is 1.95 bits per heavy atom. The van der Waals surface area contributed by atoms with Gasteiger partial charge in [0, 0.05) is 11.7 Å². The van der Waals surface area contributed by atoms with Gasteiger partial charge in [0.25, 0.3) is 0 Å². The van der Waals surface area contributed by atoms with Crippen LogP contribution in [0.15, 0.2) is 24.3 Å². The van der Waals surface area contributed by atoms with Gasteiger partial charge < -0.3 is 11.1 Å². The Bertz CT molecular complexity index is 564. The molecule has 1 unspecified atom stereocenters. The largest absolute Gasteiger partial charge is 0.325 e. The van der Waals surface area contributed by atoms with Crippen LogP contribution >= 0.6 is 11.3 Å². The summed E-state index contributed by atoms with van der Waals surface area (Å²) in [5, 5.41) is 14.2. The van der Waals surface area contributed by atoms with E-state index in [2.05, 4.69) is 20.8 Å². The predicted molar refractivity (Wildman–Crippen MR) is 76.3 cm³/mol. The maximum absolute atomic E-state index is 11.7. The molecule has 0 saturated heterocycles. The Morgan fingerprint density at radius 1 is 1.26 bits per heavy atom. The van der Waals surface area contributed by atoms with Gasteiger partial charge in [0.05, 0.1) is 0 Å². The number of hydrogen-bond donors (Lipinski definition) is 3. The van der Waals surface area contributed by atoms with Crippen LogP contribution in [0.3, 0.4) is 0 Å². The summed E-state index contributed by atoms with van der Waals surface area (Å²) in [5.74, 6) is 0. The number of anilines is 2. The smallest absolute Gasteiger partial charge is 0.324 e. The Balaban J connectivity index is 1.95. The van der Waals surface area contributed by atoms with E-state index in [-0.39, 0.29) is 12.1 Å². The molecule has 1 aromatic heterocycles. The zero-order chi connectivity index (χ0) is 13.8. The van der Waals surface area contributed by atoms with E-state index in [9.17, 15) is 4.79 Å². The number of nitrogens with one attached hydrogen (secondary N) is 2. The molecule has 0 fully saturated rings. The van der Waals surface area contributed by atoms with Gasteiger partial charge in [0.15, 0.2) is 0 Å². The molecule has 2 aromatic rings. The van der Waals surface area contributed by atoms with Crippen LogP contribution in [0.1, 0.15) is 23.5 Å². The molecule has 100 valence electrons. The van der Waals surface area contributed by atoms with Crippen LogP contribution in [0.5, 0.6) is 0 Å². The van der Waals surface area contributed by atoms with Crippen LogP contribution in [0.25, 0.3) is 0 Å². The number of amides is 2. The molecule has 0 spiro atoms. The van der Waals surface area contributed by atoms with Crippen molar-refractivity contribution < 1.29 is 4.79 Å². The van der Waals surface area contributed by atoms with Gasteiger partial charge in [-0.25, -0.2) is 4.79 Å². The minimum atomic E-state index is -0.343. The Labute approximate surface area is 115 Å². The average Bonchev–Trinajstić information content (AvgIpc) is 2.75. The summed E-state index contributed by atoms with van der Waals surface area (Å²) < 4.78 is 0. The van der Waals surface area contributed by atoms with Crippen molar-refractivity contribution in [3.8, 4) is 0 Å². The fraction of sp³-hybridized carbons (Fsp3) is 0.250. The lowest BCUT2D eigenvalue weighted by Gasteiger charge is -2.08.